The third kappa shape index (κ3) is 23.3. The van der Waals surface area contributed by atoms with Crippen LogP contribution in [-0.2, 0) is 23.9 Å². The van der Waals surface area contributed by atoms with E-state index in [9.17, 15) is 20.2 Å². The maximum atomic E-state index is 10.7. The summed E-state index contributed by atoms with van der Waals surface area (Å²) in [6.45, 7) is 5.61. The fraction of sp³-hybridized carbons (Fsp3) is 0.333. The molecule has 0 saturated heterocycles. The molecule has 0 saturated carbocycles. The number of azo groups is 2. The average molecular weight is 961 g/mol. The Kier molecular flexibility index (Phi) is 21.4. The normalized spacial score (nSPS) is 11.9. The number of likely N-dealkylation sites (N-methyl/N-ethyl adjacent to an activating group) is 2. The standard InChI is InChI=1S/2C18H23ClN5O2.4ClH.Zn/c2*1-24(2,3)11-10-20-13-14-4-6-15(7-5-14)21-22-18-9-8-16(23(25)26)12-17(18)19;;;;;/h2*4-9,12,20H,10-11,13H2,1-3H3;4*1H;/q2*+1;;;;;+2/p-4. The second-order valence-corrected chi connectivity index (χ2v) is 43.1. The Bertz CT molecular complexity index is 1810. The van der Waals surface area contributed by atoms with Gasteiger partial charge in [0.25, 0.3) is 11.4 Å². The third-order valence-electron chi connectivity index (χ3n) is 7.28. The van der Waals surface area contributed by atoms with Crippen LogP contribution in [0.5, 0.6) is 0 Å². The molecule has 0 unspecified atom stereocenters. The number of nitrogens with one attached hydrogen (secondary N) is 2. The number of rotatable bonds is 16. The number of hydrogen-bond donors (Lipinski definition) is 2. The molecule has 14 nitrogen and oxygen atoms in total. The van der Waals surface area contributed by atoms with Gasteiger partial charge in [-0.05, 0) is 47.5 Å². The number of halogens is 6. The zero-order valence-corrected chi connectivity index (χ0v) is 40.0. The SMILES string of the molecule is C[N+](C)(C)CCNCc1ccc(N=Nc2ccc([N+](=O)[O-])cc2Cl)cc1.C[N+](C)(C)CCNCc1ccc(N=Nc2ccc([N+](=O)[O-])cc2Cl)cc1.[Cl][Zn-2]([Cl])([Cl])[Cl]. The van der Waals surface area contributed by atoms with Gasteiger partial charge in [0.05, 0.1) is 86.6 Å². The second kappa shape index (κ2) is 24.2. The summed E-state index contributed by atoms with van der Waals surface area (Å²) in [5, 5.41) is 45.0. The van der Waals surface area contributed by atoms with Gasteiger partial charge in [-0.2, -0.15) is 10.2 Å². The predicted octanol–water partition coefficient (Wildman–Crippen LogP) is 11.7. The van der Waals surface area contributed by atoms with Gasteiger partial charge in [-0.3, -0.25) is 20.2 Å². The van der Waals surface area contributed by atoms with Crippen molar-refractivity contribution >= 4 is 96.1 Å². The molecule has 2 N–H and O–H groups in total. The van der Waals surface area contributed by atoms with Gasteiger partial charge >= 0.3 is 49.6 Å². The number of benzene rings is 4. The Morgan fingerprint density at radius 3 is 1.14 bits per heavy atom. The first kappa shape index (κ1) is 50.2. The topological polar surface area (TPSA) is 160 Å². The van der Waals surface area contributed by atoms with Crippen molar-refractivity contribution in [1.29, 1.82) is 0 Å². The fourth-order valence-electron chi connectivity index (χ4n) is 4.26. The molecule has 0 aromatic heterocycles. The molecule has 0 atom stereocenters. The van der Waals surface area contributed by atoms with Crippen molar-refractivity contribution in [3.05, 3.63) is 126 Å². The van der Waals surface area contributed by atoms with E-state index < -0.39 is 20.7 Å². The summed E-state index contributed by atoms with van der Waals surface area (Å²) in [5.74, 6) is 0. The second-order valence-electron chi connectivity index (χ2n) is 14.5. The van der Waals surface area contributed by atoms with E-state index in [1.165, 1.54) is 47.5 Å². The molecule has 0 fully saturated rings. The molecule has 0 bridgehead atoms. The van der Waals surface area contributed by atoms with E-state index in [0.29, 0.717) is 22.7 Å². The number of hydrogen-bond acceptors (Lipinski definition) is 10. The van der Waals surface area contributed by atoms with Crippen LogP contribution in [0.2, 0.25) is 10.0 Å². The molecule has 0 aliphatic heterocycles. The first-order valence-corrected chi connectivity index (χ1v) is 33.8. The van der Waals surface area contributed by atoms with E-state index in [4.69, 9.17) is 62.0 Å². The van der Waals surface area contributed by atoms with E-state index >= 15 is 0 Å². The summed E-state index contributed by atoms with van der Waals surface area (Å²) >= 11 is 12.0. The Hall–Kier alpha value is -2.92. The van der Waals surface area contributed by atoms with Gasteiger partial charge in [0.1, 0.15) is 11.4 Å². The van der Waals surface area contributed by atoms with E-state index in [1.54, 1.807) is 0 Å². The van der Waals surface area contributed by atoms with E-state index in [1.807, 2.05) is 48.5 Å². The first-order valence-electron chi connectivity index (χ1n) is 17.5. The number of nitro benzene ring substituents is 2. The molecule has 0 amide bonds. The van der Waals surface area contributed by atoms with Crippen LogP contribution in [0, 0.1) is 20.2 Å². The molecule has 21 heteroatoms. The molecule has 0 spiro atoms. The van der Waals surface area contributed by atoms with Crippen molar-refractivity contribution in [2.75, 3.05) is 68.5 Å². The molecule has 0 aliphatic rings. The molecule has 0 aliphatic carbocycles. The Morgan fingerprint density at radius 2 is 0.877 bits per heavy atom. The van der Waals surface area contributed by atoms with Crippen molar-refractivity contribution < 1.29 is 29.6 Å². The number of non-ortho nitro benzene ring substituents is 2. The van der Waals surface area contributed by atoms with Gasteiger partial charge in [-0.25, -0.2) is 0 Å². The number of nitrogens with zero attached hydrogens (tertiary/aromatic N) is 8. The molecular formula is C36H46Cl6N10O4Zn. The monoisotopic (exact) mass is 956 g/mol. The Morgan fingerprint density at radius 1 is 0.561 bits per heavy atom. The summed E-state index contributed by atoms with van der Waals surface area (Å²) in [6.07, 6.45) is 0. The Balaban J connectivity index is 0.000000352. The summed E-state index contributed by atoms with van der Waals surface area (Å²) in [6, 6.07) is 23.7. The predicted molar refractivity (Wildman–Crippen MR) is 230 cm³/mol. The number of nitro groups is 2. The fourth-order valence-corrected chi connectivity index (χ4v) is 4.68. The summed E-state index contributed by atoms with van der Waals surface area (Å²) in [5.41, 5.74) is 4.35. The van der Waals surface area contributed by atoms with Crippen LogP contribution >= 0.6 is 62.0 Å². The molecule has 4 aromatic rings. The van der Waals surface area contributed by atoms with Crippen LogP contribution in [0.25, 0.3) is 0 Å². The van der Waals surface area contributed by atoms with Crippen LogP contribution in [-0.4, -0.2) is 87.3 Å². The van der Waals surface area contributed by atoms with Gasteiger partial charge < -0.3 is 19.6 Å². The van der Waals surface area contributed by atoms with Crippen molar-refractivity contribution in [2.24, 2.45) is 20.5 Å². The third-order valence-corrected chi connectivity index (χ3v) is 7.89. The van der Waals surface area contributed by atoms with Crippen molar-refractivity contribution in [3.63, 3.8) is 0 Å². The molecule has 57 heavy (non-hydrogen) atoms. The van der Waals surface area contributed by atoms with Crippen LogP contribution in [0.3, 0.4) is 0 Å². The van der Waals surface area contributed by atoms with Gasteiger partial charge in [-0.15, -0.1) is 10.2 Å². The summed E-state index contributed by atoms with van der Waals surface area (Å²) in [7, 11) is 29.8. The van der Waals surface area contributed by atoms with Gasteiger partial charge in [-0.1, -0.05) is 47.5 Å². The summed E-state index contributed by atoms with van der Waals surface area (Å²) < 4.78 is 1.86. The molecule has 0 radical (unpaired) electrons. The quantitative estimate of drug-likeness (QED) is 0.0284. The number of quaternary nitrogens is 2. The van der Waals surface area contributed by atoms with Crippen LogP contribution in [0.1, 0.15) is 11.1 Å². The van der Waals surface area contributed by atoms with Crippen molar-refractivity contribution in [1.82, 2.24) is 10.6 Å². The summed E-state index contributed by atoms with van der Waals surface area (Å²) in [4.78, 5) is 20.4. The van der Waals surface area contributed by atoms with Crippen LogP contribution in [0.4, 0.5) is 34.1 Å². The molecule has 0 heterocycles. The molecular weight excluding hydrogens is 915 g/mol. The maximum absolute atomic E-state index is 10.7. The van der Waals surface area contributed by atoms with E-state index in [0.717, 1.165) is 48.2 Å². The minimum atomic E-state index is -3.36. The molecule has 4 aromatic carbocycles. The van der Waals surface area contributed by atoms with Crippen LogP contribution in [0.15, 0.2) is 105 Å². The molecule has 4 rings (SSSR count). The van der Waals surface area contributed by atoms with E-state index in [2.05, 4.69) is 73.4 Å². The zero-order chi connectivity index (χ0) is 42.8. The zero-order valence-electron chi connectivity index (χ0n) is 32.5. The molecule has 308 valence electrons. The van der Waals surface area contributed by atoms with Gasteiger partial charge in [0.2, 0.25) is 0 Å². The van der Waals surface area contributed by atoms with Crippen molar-refractivity contribution in [3.8, 4) is 0 Å². The van der Waals surface area contributed by atoms with Gasteiger partial charge in [0.15, 0.2) is 0 Å². The Labute approximate surface area is 362 Å². The average Bonchev–Trinajstić information content (AvgIpc) is 3.10. The van der Waals surface area contributed by atoms with Crippen molar-refractivity contribution in [2.45, 2.75) is 13.1 Å². The van der Waals surface area contributed by atoms with Crippen LogP contribution < -0.4 is 10.6 Å². The minimum absolute atomic E-state index is 0.0731. The van der Waals surface area contributed by atoms with E-state index in [-0.39, 0.29) is 21.4 Å². The first-order chi connectivity index (χ1) is 26.5. The van der Waals surface area contributed by atoms with Gasteiger partial charge in [0, 0.05) is 50.4 Å².